The van der Waals surface area contributed by atoms with E-state index in [0.29, 0.717) is 28.5 Å². The number of nitrogens with zero attached hydrogens (tertiary/aromatic N) is 1. The normalized spacial score (nSPS) is 16.6. The fourth-order valence-corrected chi connectivity index (χ4v) is 2.62. The molecule has 2 rings (SSSR count). The lowest BCUT2D eigenvalue weighted by Gasteiger charge is -2.41. The van der Waals surface area contributed by atoms with Gasteiger partial charge >= 0.3 is 0 Å². The minimum Gasteiger partial charge on any atom is -0.373 e. The minimum absolute atomic E-state index is 0.193. The molecule has 4 nitrogen and oxygen atoms in total. The number of anilines is 1. The van der Waals surface area contributed by atoms with Crippen molar-refractivity contribution in [3.63, 3.8) is 0 Å². The summed E-state index contributed by atoms with van der Waals surface area (Å²) >= 11 is 6.03. The average molecular weight is 282 g/mol. The zero-order valence-electron chi connectivity index (χ0n) is 11.4. The van der Waals surface area contributed by atoms with E-state index in [-0.39, 0.29) is 5.91 Å². The molecule has 104 valence electrons. The minimum atomic E-state index is -0.193. The van der Waals surface area contributed by atoms with Gasteiger partial charge in [-0.05, 0) is 36.8 Å². The highest BCUT2D eigenvalue weighted by Crippen LogP contribution is 2.43. The fraction of sp³-hybridized carbons (Fsp3) is 0.571. The third-order valence-corrected chi connectivity index (χ3v) is 4.41. The number of aromatic nitrogens is 1. The van der Waals surface area contributed by atoms with Gasteiger partial charge in [-0.1, -0.05) is 24.9 Å². The smallest absolute Gasteiger partial charge is 0.271 e. The van der Waals surface area contributed by atoms with E-state index in [0.717, 1.165) is 6.42 Å². The number of nitrogens with one attached hydrogen (secondary N) is 2. The lowest BCUT2D eigenvalue weighted by atomic mass is 9.67. The van der Waals surface area contributed by atoms with Crippen molar-refractivity contribution in [2.24, 2.45) is 5.41 Å². The van der Waals surface area contributed by atoms with E-state index >= 15 is 0 Å². The molecular weight excluding hydrogens is 262 g/mol. The predicted octanol–water partition coefficient (Wildman–Crippen LogP) is 3.09. The summed E-state index contributed by atoms with van der Waals surface area (Å²) in [4.78, 5) is 16.4. The zero-order valence-corrected chi connectivity index (χ0v) is 12.2. The highest BCUT2D eigenvalue weighted by Gasteiger charge is 2.35. The number of rotatable bonds is 5. The Morgan fingerprint density at radius 3 is 2.74 bits per heavy atom. The maximum Gasteiger partial charge on any atom is 0.271 e. The molecule has 0 atom stereocenters. The van der Waals surface area contributed by atoms with Gasteiger partial charge in [0.05, 0.1) is 5.02 Å². The van der Waals surface area contributed by atoms with Crippen molar-refractivity contribution in [3.05, 3.63) is 22.8 Å². The summed E-state index contributed by atoms with van der Waals surface area (Å²) in [5, 5.41) is 6.26. The van der Waals surface area contributed by atoms with Crippen LogP contribution >= 0.6 is 11.6 Å². The van der Waals surface area contributed by atoms with E-state index in [4.69, 9.17) is 11.6 Å². The maximum absolute atomic E-state index is 12.2. The van der Waals surface area contributed by atoms with Crippen molar-refractivity contribution in [3.8, 4) is 0 Å². The second kappa shape index (κ2) is 5.78. The second-order valence-electron chi connectivity index (χ2n) is 5.17. The third-order valence-electron chi connectivity index (χ3n) is 4.11. The van der Waals surface area contributed by atoms with Crippen molar-refractivity contribution in [1.29, 1.82) is 0 Å². The van der Waals surface area contributed by atoms with E-state index in [1.54, 1.807) is 19.2 Å². The standard InChI is InChI=1S/C14H20ClN3O/c1-3-14(7-4-8-14)9-17-13(19)12-10(15)5-6-11(16-2)18-12/h5-6H,3-4,7-9H2,1-2H3,(H,16,18)(H,17,19). The van der Waals surface area contributed by atoms with Gasteiger partial charge in [0.2, 0.25) is 0 Å². The monoisotopic (exact) mass is 281 g/mol. The van der Waals surface area contributed by atoms with Gasteiger partial charge in [-0.25, -0.2) is 4.98 Å². The van der Waals surface area contributed by atoms with E-state index < -0.39 is 0 Å². The van der Waals surface area contributed by atoms with Gasteiger partial charge in [0.1, 0.15) is 11.5 Å². The molecule has 1 aliphatic rings. The Morgan fingerprint density at radius 1 is 1.47 bits per heavy atom. The summed E-state index contributed by atoms with van der Waals surface area (Å²) < 4.78 is 0. The average Bonchev–Trinajstić information content (AvgIpc) is 2.38. The van der Waals surface area contributed by atoms with Crippen molar-refractivity contribution < 1.29 is 4.79 Å². The van der Waals surface area contributed by atoms with E-state index in [1.165, 1.54) is 19.3 Å². The first-order valence-corrected chi connectivity index (χ1v) is 7.10. The lowest BCUT2D eigenvalue weighted by molar-refractivity contribution is 0.0846. The summed E-state index contributed by atoms with van der Waals surface area (Å²) in [7, 11) is 1.76. The Hall–Kier alpha value is -1.29. The van der Waals surface area contributed by atoms with Crippen LogP contribution < -0.4 is 10.6 Å². The number of hydrogen-bond acceptors (Lipinski definition) is 3. The van der Waals surface area contributed by atoms with E-state index in [9.17, 15) is 4.79 Å². The van der Waals surface area contributed by atoms with Crippen molar-refractivity contribution in [2.75, 3.05) is 18.9 Å². The molecule has 0 saturated heterocycles. The second-order valence-corrected chi connectivity index (χ2v) is 5.57. The molecule has 0 unspecified atom stereocenters. The summed E-state index contributed by atoms with van der Waals surface area (Å²) in [5.74, 6) is 0.449. The molecule has 0 aromatic carbocycles. The van der Waals surface area contributed by atoms with Crippen LogP contribution in [0.2, 0.25) is 5.02 Å². The van der Waals surface area contributed by atoms with Crippen LogP contribution in [0.5, 0.6) is 0 Å². The first-order chi connectivity index (χ1) is 9.10. The van der Waals surface area contributed by atoms with Gasteiger partial charge in [0.15, 0.2) is 0 Å². The predicted molar refractivity (Wildman–Crippen MR) is 77.7 cm³/mol. The lowest BCUT2D eigenvalue weighted by Crippen LogP contribution is -2.42. The van der Waals surface area contributed by atoms with Gasteiger partial charge in [0, 0.05) is 13.6 Å². The summed E-state index contributed by atoms with van der Waals surface area (Å²) in [6, 6.07) is 3.44. The third kappa shape index (κ3) is 3.00. The Kier molecular flexibility index (Phi) is 4.30. The fourth-order valence-electron chi connectivity index (χ4n) is 2.42. The molecule has 1 fully saturated rings. The summed E-state index contributed by atoms with van der Waals surface area (Å²) in [6.07, 6.45) is 4.76. The van der Waals surface area contributed by atoms with Gasteiger partial charge in [-0.3, -0.25) is 4.79 Å². The Labute approximate surface area is 118 Å². The zero-order chi connectivity index (χ0) is 13.9. The topological polar surface area (TPSA) is 54.0 Å². The molecule has 1 aliphatic carbocycles. The molecule has 1 saturated carbocycles. The molecule has 1 amide bonds. The number of amides is 1. The Bertz CT molecular complexity index is 466. The van der Waals surface area contributed by atoms with Crippen LogP contribution in [0.1, 0.15) is 43.1 Å². The molecule has 0 aliphatic heterocycles. The molecule has 5 heteroatoms. The first kappa shape index (κ1) is 14.1. The molecular formula is C14H20ClN3O. The highest BCUT2D eigenvalue weighted by molar-refractivity contribution is 6.33. The van der Waals surface area contributed by atoms with Crippen LogP contribution in [0.4, 0.5) is 5.82 Å². The highest BCUT2D eigenvalue weighted by atomic mass is 35.5. The first-order valence-electron chi connectivity index (χ1n) is 6.73. The Morgan fingerprint density at radius 2 is 2.21 bits per heavy atom. The van der Waals surface area contributed by atoms with E-state index in [1.807, 2.05) is 0 Å². The van der Waals surface area contributed by atoms with Crippen LogP contribution in [0.3, 0.4) is 0 Å². The van der Waals surface area contributed by atoms with Crippen molar-refractivity contribution >= 4 is 23.3 Å². The summed E-state index contributed by atoms with van der Waals surface area (Å²) in [6.45, 7) is 2.89. The van der Waals surface area contributed by atoms with Crippen LogP contribution in [0.25, 0.3) is 0 Å². The van der Waals surface area contributed by atoms with Crippen LogP contribution in [-0.4, -0.2) is 24.5 Å². The van der Waals surface area contributed by atoms with Crippen LogP contribution in [0.15, 0.2) is 12.1 Å². The van der Waals surface area contributed by atoms with Gasteiger partial charge < -0.3 is 10.6 Å². The summed E-state index contributed by atoms with van der Waals surface area (Å²) in [5.41, 5.74) is 0.585. The van der Waals surface area contributed by atoms with Crippen molar-refractivity contribution in [1.82, 2.24) is 10.3 Å². The maximum atomic E-state index is 12.2. The molecule has 2 N–H and O–H groups in total. The molecule has 1 aromatic heterocycles. The van der Waals surface area contributed by atoms with Crippen molar-refractivity contribution in [2.45, 2.75) is 32.6 Å². The van der Waals surface area contributed by atoms with E-state index in [2.05, 4.69) is 22.5 Å². The molecule has 1 aromatic rings. The number of carbonyl (C=O) groups excluding carboxylic acids is 1. The van der Waals surface area contributed by atoms with Crippen LogP contribution in [0, 0.1) is 5.41 Å². The van der Waals surface area contributed by atoms with Crippen LogP contribution in [-0.2, 0) is 0 Å². The SMILES string of the molecule is CCC1(CNC(=O)c2nc(NC)ccc2Cl)CCC1. The number of halogens is 1. The molecule has 0 bridgehead atoms. The number of carbonyl (C=O) groups is 1. The molecule has 0 spiro atoms. The van der Waals surface area contributed by atoms with Gasteiger partial charge in [-0.15, -0.1) is 0 Å². The largest absolute Gasteiger partial charge is 0.373 e. The number of pyridine rings is 1. The molecule has 19 heavy (non-hydrogen) atoms. The Balaban J connectivity index is 2.03. The number of hydrogen-bond donors (Lipinski definition) is 2. The quantitative estimate of drug-likeness (QED) is 0.872. The van der Waals surface area contributed by atoms with Gasteiger partial charge in [0.25, 0.3) is 5.91 Å². The molecule has 1 heterocycles. The van der Waals surface area contributed by atoms with Gasteiger partial charge in [-0.2, -0.15) is 0 Å². The molecule has 0 radical (unpaired) electrons.